The van der Waals surface area contributed by atoms with Gasteiger partial charge in [0.15, 0.2) is 5.58 Å². The molecule has 0 radical (unpaired) electrons. The molecule has 1 heterocycles. The summed E-state index contributed by atoms with van der Waals surface area (Å²) >= 11 is 0. The highest BCUT2D eigenvalue weighted by molar-refractivity contribution is 5.87. The van der Waals surface area contributed by atoms with E-state index in [9.17, 15) is 0 Å². The third-order valence-electron chi connectivity index (χ3n) is 2.64. The van der Waals surface area contributed by atoms with Crippen LogP contribution >= 0.6 is 0 Å². The van der Waals surface area contributed by atoms with Crippen molar-refractivity contribution in [3.05, 3.63) is 65.9 Å². The van der Waals surface area contributed by atoms with Gasteiger partial charge < -0.3 is 4.52 Å². The third-order valence-corrected chi connectivity index (χ3v) is 2.64. The Bertz CT molecular complexity index is 653. The summed E-state index contributed by atoms with van der Waals surface area (Å²) in [5.41, 5.74) is 2.84. The fourth-order valence-corrected chi connectivity index (χ4v) is 1.76. The van der Waals surface area contributed by atoms with E-state index in [1.807, 2.05) is 54.6 Å². The molecule has 0 aliphatic carbocycles. The Morgan fingerprint density at radius 2 is 1.59 bits per heavy atom. The first kappa shape index (κ1) is 9.85. The van der Waals surface area contributed by atoms with Gasteiger partial charge in [-0.1, -0.05) is 53.7 Å². The van der Waals surface area contributed by atoms with E-state index in [0.29, 0.717) is 0 Å². The van der Waals surface area contributed by atoms with Crippen molar-refractivity contribution in [1.82, 2.24) is 5.16 Å². The highest BCUT2D eigenvalue weighted by Gasteiger charge is 2.02. The molecule has 2 aromatic carbocycles. The Morgan fingerprint density at radius 1 is 0.824 bits per heavy atom. The van der Waals surface area contributed by atoms with Crippen LogP contribution in [0.2, 0.25) is 0 Å². The Morgan fingerprint density at radius 3 is 2.47 bits per heavy atom. The highest BCUT2D eigenvalue weighted by atomic mass is 16.5. The zero-order chi connectivity index (χ0) is 11.5. The summed E-state index contributed by atoms with van der Waals surface area (Å²) in [4.78, 5) is 0. The number of hydrogen-bond donors (Lipinski definition) is 0. The van der Waals surface area contributed by atoms with Crippen LogP contribution in [0.5, 0.6) is 0 Å². The van der Waals surface area contributed by atoms with Crippen molar-refractivity contribution < 1.29 is 4.52 Å². The van der Waals surface area contributed by atoms with Crippen LogP contribution in [-0.2, 0) is 0 Å². The first-order chi connectivity index (χ1) is 8.43. The summed E-state index contributed by atoms with van der Waals surface area (Å²) in [5, 5.41) is 5.09. The molecule has 0 aliphatic rings. The van der Waals surface area contributed by atoms with Gasteiger partial charge in [0.05, 0.1) is 0 Å². The molecule has 2 nitrogen and oxygen atoms in total. The molecule has 0 fully saturated rings. The maximum atomic E-state index is 5.24. The molecule has 17 heavy (non-hydrogen) atoms. The number of fused-ring (bicyclic) bond motifs is 1. The van der Waals surface area contributed by atoms with Crippen molar-refractivity contribution in [2.45, 2.75) is 0 Å². The standard InChI is InChI=1S/C15H11NO/c1-2-6-12(7-3-1)10-11-14-13-8-4-5-9-15(13)17-16-14/h1-11H/b11-10+. The van der Waals surface area contributed by atoms with E-state index in [-0.39, 0.29) is 0 Å². The van der Waals surface area contributed by atoms with E-state index >= 15 is 0 Å². The van der Waals surface area contributed by atoms with Crippen LogP contribution in [0.4, 0.5) is 0 Å². The van der Waals surface area contributed by atoms with Gasteiger partial charge in [-0.3, -0.25) is 0 Å². The second kappa shape index (κ2) is 4.26. The second-order valence-electron chi connectivity index (χ2n) is 3.81. The van der Waals surface area contributed by atoms with Crippen LogP contribution < -0.4 is 0 Å². The largest absolute Gasteiger partial charge is 0.356 e. The second-order valence-corrected chi connectivity index (χ2v) is 3.81. The maximum absolute atomic E-state index is 5.24. The first-order valence-corrected chi connectivity index (χ1v) is 5.51. The van der Waals surface area contributed by atoms with Crippen molar-refractivity contribution >= 4 is 23.1 Å². The summed E-state index contributed by atoms with van der Waals surface area (Å²) in [6, 6.07) is 18.0. The van der Waals surface area contributed by atoms with Gasteiger partial charge in [-0.05, 0) is 23.8 Å². The molecule has 0 saturated heterocycles. The number of rotatable bonds is 2. The molecule has 3 rings (SSSR count). The van der Waals surface area contributed by atoms with Gasteiger partial charge in [0, 0.05) is 5.39 Å². The van der Waals surface area contributed by atoms with Gasteiger partial charge in [0.2, 0.25) is 0 Å². The number of aromatic nitrogens is 1. The summed E-state index contributed by atoms with van der Waals surface area (Å²) in [5.74, 6) is 0. The average Bonchev–Trinajstić information content (AvgIpc) is 2.81. The Labute approximate surface area is 99.2 Å². The number of hydrogen-bond acceptors (Lipinski definition) is 2. The lowest BCUT2D eigenvalue weighted by atomic mass is 10.1. The molecular weight excluding hydrogens is 210 g/mol. The maximum Gasteiger partial charge on any atom is 0.167 e. The van der Waals surface area contributed by atoms with Gasteiger partial charge in [0.1, 0.15) is 5.69 Å². The molecule has 3 aromatic rings. The van der Waals surface area contributed by atoms with E-state index in [0.717, 1.165) is 22.2 Å². The molecule has 0 bridgehead atoms. The molecule has 2 heteroatoms. The lowest BCUT2D eigenvalue weighted by Crippen LogP contribution is -1.72. The Kier molecular flexibility index (Phi) is 2.47. The first-order valence-electron chi connectivity index (χ1n) is 5.51. The van der Waals surface area contributed by atoms with Gasteiger partial charge in [-0.15, -0.1) is 0 Å². The van der Waals surface area contributed by atoms with Gasteiger partial charge in [-0.25, -0.2) is 0 Å². The molecule has 0 N–H and O–H groups in total. The molecule has 0 aliphatic heterocycles. The summed E-state index contributed by atoms with van der Waals surface area (Å²) in [7, 11) is 0. The zero-order valence-electron chi connectivity index (χ0n) is 9.21. The average molecular weight is 221 g/mol. The van der Waals surface area contributed by atoms with E-state index in [2.05, 4.69) is 17.3 Å². The summed E-state index contributed by atoms with van der Waals surface area (Å²) in [6.07, 6.45) is 4.01. The molecule has 1 aromatic heterocycles. The lowest BCUT2D eigenvalue weighted by molar-refractivity contribution is 0.454. The summed E-state index contributed by atoms with van der Waals surface area (Å²) in [6.45, 7) is 0. The third kappa shape index (κ3) is 1.97. The van der Waals surface area contributed by atoms with Crippen LogP contribution in [0.25, 0.3) is 23.1 Å². The van der Waals surface area contributed by atoms with Crippen LogP contribution in [0.3, 0.4) is 0 Å². The van der Waals surface area contributed by atoms with Crippen molar-refractivity contribution in [2.24, 2.45) is 0 Å². The monoisotopic (exact) mass is 221 g/mol. The predicted octanol–water partition coefficient (Wildman–Crippen LogP) is 4.00. The number of nitrogens with zero attached hydrogens (tertiary/aromatic N) is 1. The van der Waals surface area contributed by atoms with E-state index in [4.69, 9.17) is 4.52 Å². The topological polar surface area (TPSA) is 26.0 Å². The molecule has 0 unspecified atom stereocenters. The summed E-state index contributed by atoms with van der Waals surface area (Å²) < 4.78 is 5.24. The minimum Gasteiger partial charge on any atom is -0.356 e. The SMILES string of the molecule is C(=C\c1noc2ccccc12)/c1ccccc1. The van der Waals surface area contributed by atoms with Crippen molar-refractivity contribution in [3.63, 3.8) is 0 Å². The normalized spacial score (nSPS) is 11.3. The van der Waals surface area contributed by atoms with Gasteiger partial charge in [0.25, 0.3) is 0 Å². The lowest BCUT2D eigenvalue weighted by Gasteiger charge is -1.90. The molecule has 0 saturated carbocycles. The van der Waals surface area contributed by atoms with Crippen molar-refractivity contribution in [3.8, 4) is 0 Å². The number of para-hydroxylation sites is 1. The minimum atomic E-state index is 0.820. The Hall–Kier alpha value is -2.35. The quantitative estimate of drug-likeness (QED) is 0.653. The minimum absolute atomic E-state index is 0.820. The van der Waals surface area contributed by atoms with Crippen molar-refractivity contribution in [2.75, 3.05) is 0 Å². The molecule has 0 atom stereocenters. The zero-order valence-corrected chi connectivity index (χ0v) is 9.21. The molecular formula is C15H11NO. The highest BCUT2D eigenvalue weighted by Crippen LogP contribution is 2.19. The number of benzene rings is 2. The smallest absolute Gasteiger partial charge is 0.167 e. The Balaban J connectivity index is 1.98. The van der Waals surface area contributed by atoms with Crippen molar-refractivity contribution in [1.29, 1.82) is 0 Å². The fourth-order valence-electron chi connectivity index (χ4n) is 1.76. The van der Waals surface area contributed by atoms with E-state index < -0.39 is 0 Å². The van der Waals surface area contributed by atoms with E-state index in [1.54, 1.807) is 0 Å². The van der Waals surface area contributed by atoms with E-state index in [1.165, 1.54) is 0 Å². The van der Waals surface area contributed by atoms with Gasteiger partial charge in [-0.2, -0.15) is 0 Å². The van der Waals surface area contributed by atoms with Crippen LogP contribution in [-0.4, -0.2) is 5.16 Å². The van der Waals surface area contributed by atoms with Gasteiger partial charge >= 0.3 is 0 Å². The molecule has 0 spiro atoms. The molecule has 82 valence electrons. The fraction of sp³-hybridized carbons (Fsp3) is 0. The predicted molar refractivity (Wildman–Crippen MR) is 69.4 cm³/mol. The van der Waals surface area contributed by atoms with Crippen LogP contribution in [0.1, 0.15) is 11.3 Å². The van der Waals surface area contributed by atoms with Crippen LogP contribution in [0.15, 0.2) is 59.1 Å². The van der Waals surface area contributed by atoms with Crippen LogP contribution in [0, 0.1) is 0 Å². The molecule has 0 amide bonds.